The summed E-state index contributed by atoms with van der Waals surface area (Å²) in [7, 11) is 0. The lowest BCUT2D eigenvalue weighted by Crippen LogP contribution is -2.19. The minimum absolute atomic E-state index is 0.273. The Hall–Kier alpha value is -5.62. The van der Waals surface area contributed by atoms with E-state index in [9.17, 15) is 9.59 Å². The largest absolute Gasteiger partial charge is 0.482 e. The van der Waals surface area contributed by atoms with E-state index >= 15 is 0 Å². The van der Waals surface area contributed by atoms with E-state index in [-0.39, 0.29) is 13.2 Å². The molecule has 0 amide bonds. The van der Waals surface area contributed by atoms with Gasteiger partial charge in [0.2, 0.25) is 0 Å². The molecule has 6 nitrogen and oxygen atoms in total. The highest BCUT2D eigenvalue weighted by molar-refractivity contribution is 6.10. The Labute approximate surface area is 242 Å². The first-order valence-corrected chi connectivity index (χ1v) is 13.5. The molecule has 6 aromatic carbocycles. The van der Waals surface area contributed by atoms with Crippen LogP contribution in [0.15, 0.2) is 133 Å². The third-order valence-corrected chi connectivity index (χ3v) is 6.68. The van der Waals surface area contributed by atoms with Crippen LogP contribution in [0.4, 0.5) is 0 Å². The van der Waals surface area contributed by atoms with Crippen molar-refractivity contribution in [2.75, 3.05) is 13.2 Å². The van der Waals surface area contributed by atoms with Crippen LogP contribution in [0.3, 0.4) is 0 Å². The van der Waals surface area contributed by atoms with Crippen LogP contribution in [0.25, 0.3) is 32.7 Å². The van der Waals surface area contributed by atoms with E-state index in [0.717, 1.165) is 21.5 Å². The Kier molecular flexibility index (Phi) is 7.77. The Morgan fingerprint density at radius 1 is 0.429 bits per heavy atom. The van der Waals surface area contributed by atoms with Gasteiger partial charge in [-0.2, -0.15) is 0 Å². The minimum atomic E-state index is -0.564. The third kappa shape index (κ3) is 5.93. The van der Waals surface area contributed by atoms with Gasteiger partial charge in [0.1, 0.15) is 23.0 Å². The Balaban J connectivity index is 1.40. The summed E-state index contributed by atoms with van der Waals surface area (Å²) < 4.78 is 23.1. The van der Waals surface area contributed by atoms with Crippen LogP contribution in [-0.2, 0) is 9.59 Å². The van der Waals surface area contributed by atoms with Crippen molar-refractivity contribution in [3.63, 3.8) is 0 Å². The monoisotopic (exact) mass is 554 g/mol. The quantitative estimate of drug-likeness (QED) is 0.135. The summed E-state index contributed by atoms with van der Waals surface area (Å²) in [6, 6.07) is 41.0. The van der Waals surface area contributed by atoms with Gasteiger partial charge in [-0.3, -0.25) is 0 Å². The molecule has 6 heteroatoms. The van der Waals surface area contributed by atoms with E-state index in [1.54, 1.807) is 36.4 Å². The van der Waals surface area contributed by atoms with Gasteiger partial charge in [0.05, 0.1) is 0 Å². The molecule has 0 saturated heterocycles. The van der Waals surface area contributed by atoms with Gasteiger partial charge < -0.3 is 18.9 Å². The first-order chi connectivity index (χ1) is 20.7. The van der Waals surface area contributed by atoms with E-state index in [1.165, 1.54) is 0 Å². The molecular weight excluding hydrogens is 528 g/mol. The van der Waals surface area contributed by atoms with E-state index < -0.39 is 11.9 Å². The molecule has 0 atom stereocenters. The minimum Gasteiger partial charge on any atom is -0.482 e. The molecule has 0 aromatic heterocycles. The average molecular weight is 555 g/mol. The van der Waals surface area contributed by atoms with E-state index in [0.29, 0.717) is 34.1 Å². The van der Waals surface area contributed by atoms with Crippen molar-refractivity contribution in [1.29, 1.82) is 0 Å². The molecular formula is C36H26O6. The van der Waals surface area contributed by atoms with Gasteiger partial charge in [0.15, 0.2) is 13.2 Å². The molecule has 42 heavy (non-hydrogen) atoms. The number of ether oxygens (including phenoxy) is 4. The maximum absolute atomic E-state index is 13.0. The van der Waals surface area contributed by atoms with Crippen molar-refractivity contribution in [2.45, 2.75) is 0 Å². The number of para-hydroxylation sites is 2. The second-order valence-electron chi connectivity index (χ2n) is 9.47. The van der Waals surface area contributed by atoms with Crippen molar-refractivity contribution >= 4 is 33.5 Å². The Morgan fingerprint density at radius 2 is 0.810 bits per heavy atom. The fraction of sp³-hybridized carbons (Fsp3) is 0.0556. The Morgan fingerprint density at radius 3 is 1.24 bits per heavy atom. The number of hydrogen-bond acceptors (Lipinski definition) is 6. The molecule has 0 aliphatic carbocycles. The number of carbonyl (C=O) groups is 2. The zero-order valence-electron chi connectivity index (χ0n) is 22.6. The fourth-order valence-corrected chi connectivity index (χ4v) is 4.81. The van der Waals surface area contributed by atoms with Gasteiger partial charge in [0.25, 0.3) is 0 Å². The molecule has 206 valence electrons. The normalized spacial score (nSPS) is 10.8. The SMILES string of the molecule is O=C(COc1ccccc1)Oc1ccc2ccccc2c1-c1c(OC(=O)COc2ccccc2)ccc2ccccc12. The van der Waals surface area contributed by atoms with E-state index in [2.05, 4.69) is 0 Å². The molecule has 0 fully saturated rings. The maximum Gasteiger partial charge on any atom is 0.349 e. The van der Waals surface area contributed by atoms with Crippen LogP contribution < -0.4 is 18.9 Å². The molecule has 6 rings (SSSR count). The number of hydrogen-bond donors (Lipinski definition) is 0. The average Bonchev–Trinajstić information content (AvgIpc) is 3.04. The van der Waals surface area contributed by atoms with Crippen molar-refractivity contribution in [3.8, 4) is 34.1 Å². The zero-order valence-corrected chi connectivity index (χ0v) is 22.6. The number of benzene rings is 6. The summed E-state index contributed by atoms with van der Waals surface area (Å²) in [5.41, 5.74) is 1.26. The van der Waals surface area contributed by atoms with Gasteiger partial charge in [0, 0.05) is 11.1 Å². The number of rotatable bonds is 9. The first kappa shape index (κ1) is 26.6. The second-order valence-corrected chi connectivity index (χ2v) is 9.47. The predicted octanol–water partition coefficient (Wildman–Crippen LogP) is 7.63. The fourth-order valence-electron chi connectivity index (χ4n) is 4.81. The summed E-state index contributed by atoms with van der Waals surface area (Å²) >= 11 is 0. The van der Waals surface area contributed by atoms with Gasteiger partial charge >= 0.3 is 11.9 Å². The third-order valence-electron chi connectivity index (χ3n) is 6.68. The molecule has 0 N–H and O–H groups in total. The molecule has 0 saturated carbocycles. The van der Waals surface area contributed by atoms with Crippen molar-refractivity contribution in [2.24, 2.45) is 0 Å². The van der Waals surface area contributed by atoms with Crippen molar-refractivity contribution < 1.29 is 28.5 Å². The van der Waals surface area contributed by atoms with Crippen LogP contribution in [0.1, 0.15) is 0 Å². The van der Waals surface area contributed by atoms with Crippen LogP contribution in [-0.4, -0.2) is 25.2 Å². The highest BCUT2D eigenvalue weighted by atomic mass is 16.6. The van der Waals surface area contributed by atoms with Crippen LogP contribution >= 0.6 is 0 Å². The standard InChI is InChI=1S/C36H26O6/c37-33(23-39-27-13-3-1-4-14-27)41-31-21-19-25-11-7-9-17-29(25)35(31)36-30-18-10-8-12-26(30)20-22-32(36)42-34(38)24-40-28-15-5-2-6-16-28/h1-22H,23-24H2. The second kappa shape index (κ2) is 12.3. The van der Waals surface area contributed by atoms with Crippen LogP contribution in [0.2, 0.25) is 0 Å². The summed E-state index contributed by atoms with van der Waals surface area (Å²) in [4.78, 5) is 26.0. The predicted molar refractivity (Wildman–Crippen MR) is 162 cm³/mol. The summed E-state index contributed by atoms with van der Waals surface area (Å²) in [5, 5.41) is 3.54. The molecule has 0 spiro atoms. The first-order valence-electron chi connectivity index (χ1n) is 13.5. The maximum atomic E-state index is 13.0. The molecule has 6 aromatic rings. The van der Waals surface area contributed by atoms with Crippen molar-refractivity contribution in [1.82, 2.24) is 0 Å². The Bertz CT molecular complexity index is 1730. The smallest absolute Gasteiger partial charge is 0.349 e. The molecule has 0 bridgehead atoms. The number of fused-ring (bicyclic) bond motifs is 2. The highest BCUT2D eigenvalue weighted by Gasteiger charge is 2.22. The van der Waals surface area contributed by atoms with Crippen LogP contribution in [0, 0.1) is 0 Å². The van der Waals surface area contributed by atoms with Gasteiger partial charge in [-0.05, 0) is 57.9 Å². The van der Waals surface area contributed by atoms with Gasteiger partial charge in [-0.1, -0.05) is 97.1 Å². The molecule has 0 unspecified atom stereocenters. The van der Waals surface area contributed by atoms with Crippen LogP contribution in [0.5, 0.6) is 23.0 Å². The van der Waals surface area contributed by atoms with Gasteiger partial charge in [-0.15, -0.1) is 0 Å². The van der Waals surface area contributed by atoms with Crippen molar-refractivity contribution in [3.05, 3.63) is 133 Å². The van der Waals surface area contributed by atoms with E-state index in [1.807, 2.05) is 97.1 Å². The zero-order chi connectivity index (χ0) is 28.7. The molecule has 0 heterocycles. The molecule has 0 aliphatic heterocycles. The van der Waals surface area contributed by atoms with Gasteiger partial charge in [-0.25, -0.2) is 9.59 Å². The summed E-state index contributed by atoms with van der Waals surface area (Å²) in [6.07, 6.45) is 0. The summed E-state index contributed by atoms with van der Waals surface area (Å²) in [6.45, 7) is -0.547. The number of esters is 2. The topological polar surface area (TPSA) is 71.1 Å². The summed E-state index contributed by atoms with van der Waals surface area (Å²) in [5.74, 6) is 0.647. The lowest BCUT2D eigenvalue weighted by atomic mass is 9.92. The lowest BCUT2D eigenvalue weighted by Gasteiger charge is -2.19. The number of carbonyl (C=O) groups excluding carboxylic acids is 2. The highest BCUT2D eigenvalue weighted by Crippen LogP contribution is 2.45. The van der Waals surface area contributed by atoms with E-state index in [4.69, 9.17) is 18.9 Å². The lowest BCUT2D eigenvalue weighted by molar-refractivity contribution is -0.137. The molecule has 0 aliphatic rings. The molecule has 0 radical (unpaired) electrons.